The number of amides is 1. The summed E-state index contributed by atoms with van der Waals surface area (Å²) in [5, 5.41) is 0. The van der Waals surface area contributed by atoms with Gasteiger partial charge in [0.1, 0.15) is 0 Å². The predicted octanol–water partition coefficient (Wildman–Crippen LogP) is 1.92. The molecule has 18 heavy (non-hydrogen) atoms. The Morgan fingerprint density at radius 1 is 0.889 bits per heavy atom. The van der Waals surface area contributed by atoms with E-state index in [1.807, 2.05) is 0 Å². The van der Waals surface area contributed by atoms with Crippen molar-refractivity contribution in [2.45, 2.75) is 32.1 Å². The molecule has 100 valence electrons. The van der Waals surface area contributed by atoms with E-state index in [4.69, 9.17) is 4.74 Å². The summed E-state index contributed by atoms with van der Waals surface area (Å²) in [4.78, 5) is 14.8. The molecule has 0 N–H and O–H groups in total. The summed E-state index contributed by atoms with van der Waals surface area (Å²) < 4.78 is 5.36. The van der Waals surface area contributed by atoms with Gasteiger partial charge in [0, 0.05) is 19.0 Å². The van der Waals surface area contributed by atoms with E-state index in [-0.39, 0.29) is 0 Å². The van der Waals surface area contributed by atoms with Crippen molar-refractivity contribution in [3.05, 3.63) is 0 Å². The van der Waals surface area contributed by atoms with E-state index in [2.05, 4.69) is 4.90 Å². The molecule has 0 aromatic carbocycles. The molecule has 1 saturated heterocycles. The van der Waals surface area contributed by atoms with Crippen LogP contribution in [0.3, 0.4) is 0 Å². The molecule has 0 aromatic rings. The third kappa shape index (κ3) is 1.70. The number of morpholine rings is 1. The van der Waals surface area contributed by atoms with E-state index >= 15 is 0 Å². The Morgan fingerprint density at radius 2 is 1.44 bits per heavy atom. The van der Waals surface area contributed by atoms with Crippen molar-refractivity contribution in [1.29, 1.82) is 0 Å². The van der Waals surface area contributed by atoms with Gasteiger partial charge in [0.15, 0.2) is 0 Å². The van der Waals surface area contributed by atoms with Crippen LogP contribution in [0.25, 0.3) is 0 Å². The van der Waals surface area contributed by atoms with Gasteiger partial charge in [-0.3, -0.25) is 4.79 Å². The van der Waals surface area contributed by atoms with Crippen LogP contribution in [-0.4, -0.2) is 37.1 Å². The molecule has 5 fully saturated rings. The summed E-state index contributed by atoms with van der Waals surface area (Å²) in [7, 11) is 0. The fraction of sp³-hybridized carbons (Fsp3) is 0.933. The minimum atomic E-state index is 0.371. The van der Waals surface area contributed by atoms with Crippen LogP contribution in [0.1, 0.15) is 32.1 Å². The molecule has 0 atom stereocenters. The maximum Gasteiger partial charge on any atom is 0.226 e. The predicted molar refractivity (Wildman–Crippen MR) is 67.9 cm³/mol. The lowest BCUT2D eigenvalue weighted by Crippen LogP contribution is -2.53. The van der Waals surface area contributed by atoms with E-state index in [0.717, 1.165) is 50.0 Å². The first-order valence-electron chi connectivity index (χ1n) is 7.68. The van der Waals surface area contributed by atoms with Crippen LogP contribution in [0.2, 0.25) is 0 Å². The van der Waals surface area contributed by atoms with Crippen molar-refractivity contribution in [1.82, 2.24) is 4.90 Å². The van der Waals surface area contributed by atoms with Gasteiger partial charge in [0.25, 0.3) is 0 Å². The topological polar surface area (TPSA) is 29.5 Å². The number of hydrogen-bond acceptors (Lipinski definition) is 2. The van der Waals surface area contributed by atoms with Gasteiger partial charge in [-0.15, -0.1) is 0 Å². The lowest BCUT2D eigenvalue weighted by molar-refractivity contribution is -0.153. The monoisotopic (exact) mass is 249 g/mol. The van der Waals surface area contributed by atoms with E-state index < -0.39 is 0 Å². The molecule has 0 unspecified atom stereocenters. The lowest BCUT2D eigenvalue weighted by atomic mass is 9.51. The highest BCUT2D eigenvalue weighted by molar-refractivity contribution is 5.80. The molecule has 0 aromatic heterocycles. The summed E-state index contributed by atoms with van der Waals surface area (Å²) in [5.74, 6) is 4.19. The van der Waals surface area contributed by atoms with Crippen LogP contribution in [0.15, 0.2) is 0 Å². The van der Waals surface area contributed by atoms with E-state index in [1.54, 1.807) is 0 Å². The summed E-state index contributed by atoms with van der Waals surface area (Å²) >= 11 is 0. The Hall–Kier alpha value is -0.570. The third-order valence-corrected chi connectivity index (χ3v) is 5.83. The Kier molecular flexibility index (Phi) is 2.65. The highest BCUT2D eigenvalue weighted by Gasteiger charge is 2.51. The Bertz CT molecular complexity index is 320. The molecule has 4 saturated carbocycles. The zero-order valence-corrected chi connectivity index (χ0v) is 11.0. The third-order valence-electron chi connectivity index (χ3n) is 5.83. The average molecular weight is 249 g/mol. The highest BCUT2D eigenvalue weighted by atomic mass is 16.5. The van der Waals surface area contributed by atoms with Crippen LogP contribution >= 0.6 is 0 Å². The molecule has 1 amide bonds. The molecule has 4 aliphatic carbocycles. The van der Waals surface area contributed by atoms with Crippen molar-refractivity contribution in [3.63, 3.8) is 0 Å². The summed E-state index contributed by atoms with van der Waals surface area (Å²) in [6.45, 7) is 3.11. The first-order chi connectivity index (χ1) is 8.81. The molecule has 5 aliphatic rings. The number of rotatable bonds is 1. The molecular formula is C15H23NO2. The van der Waals surface area contributed by atoms with Gasteiger partial charge in [-0.05, 0) is 55.8 Å². The van der Waals surface area contributed by atoms with E-state index in [1.165, 1.54) is 32.1 Å². The van der Waals surface area contributed by atoms with Crippen molar-refractivity contribution >= 4 is 5.91 Å². The molecular weight excluding hydrogens is 226 g/mol. The first-order valence-corrected chi connectivity index (χ1v) is 7.68. The zero-order chi connectivity index (χ0) is 12.1. The smallest absolute Gasteiger partial charge is 0.226 e. The SMILES string of the molecule is O=C(C1C2CC3CC(C2)CC1C3)N1CCOCC1. The molecule has 0 spiro atoms. The molecule has 4 bridgehead atoms. The van der Waals surface area contributed by atoms with Gasteiger partial charge in [0.2, 0.25) is 5.91 Å². The second-order valence-corrected chi connectivity index (χ2v) is 6.89. The van der Waals surface area contributed by atoms with Gasteiger partial charge in [0.05, 0.1) is 13.2 Å². The lowest BCUT2D eigenvalue weighted by Gasteiger charge is -2.54. The van der Waals surface area contributed by atoms with Crippen molar-refractivity contribution in [2.75, 3.05) is 26.3 Å². The summed E-state index contributed by atoms with van der Waals surface area (Å²) in [6, 6.07) is 0. The largest absolute Gasteiger partial charge is 0.378 e. The fourth-order valence-electron chi connectivity index (χ4n) is 5.32. The minimum absolute atomic E-state index is 0.371. The maximum atomic E-state index is 12.8. The maximum absolute atomic E-state index is 12.8. The molecule has 3 nitrogen and oxygen atoms in total. The fourth-order valence-corrected chi connectivity index (χ4v) is 5.32. The quantitative estimate of drug-likeness (QED) is 0.710. The first kappa shape index (κ1) is 11.3. The van der Waals surface area contributed by atoms with Crippen molar-refractivity contribution in [2.24, 2.45) is 29.6 Å². The average Bonchev–Trinajstić information content (AvgIpc) is 2.38. The summed E-state index contributed by atoms with van der Waals surface area (Å²) in [6.07, 6.45) is 6.83. The van der Waals surface area contributed by atoms with Gasteiger partial charge in [-0.2, -0.15) is 0 Å². The Morgan fingerprint density at radius 3 is 2.00 bits per heavy atom. The zero-order valence-electron chi connectivity index (χ0n) is 11.0. The second-order valence-electron chi connectivity index (χ2n) is 6.89. The van der Waals surface area contributed by atoms with Crippen LogP contribution in [0.4, 0.5) is 0 Å². The molecule has 1 heterocycles. The van der Waals surface area contributed by atoms with Gasteiger partial charge in [-0.1, -0.05) is 0 Å². The van der Waals surface area contributed by atoms with Crippen LogP contribution in [0.5, 0.6) is 0 Å². The highest BCUT2D eigenvalue weighted by Crippen LogP contribution is 2.56. The van der Waals surface area contributed by atoms with Crippen LogP contribution in [0, 0.1) is 29.6 Å². The van der Waals surface area contributed by atoms with Gasteiger partial charge in [-0.25, -0.2) is 0 Å². The normalized spacial score (nSPS) is 46.4. The molecule has 1 aliphatic heterocycles. The van der Waals surface area contributed by atoms with Crippen molar-refractivity contribution in [3.8, 4) is 0 Å². The molecule has 5 rings (SSSR count). The van der Waals surface area contributed by atoms with Gasteiger partial charge >= 0.3 is 0 Å². The number of carbonyl (C=O) groups is 1. The summed E-state index contributed by atoms with van der Waals surface area (Å²) in [5.41, 5.74) is 0. The Balaban J connectivity index is 1.52. The van der Waals surface area contributed by atoms with Crippen LogP contribution in [-0.2, 0) is 9.53 Å². The number of nitrogens with zero attached hydrogens (tertiary/aromatic N) is 1. The number of ether oxygens (including phenoxy) is 1. The second kappa shape index (κ2) is 4.22. The standard InChI is InChI=1S/C15H23NO2/c17-15(16-1-3-18-4-2-16)14-12-6-10-5-11(8-12)9-13(14)7-10/h10-14H,1-9H2. The van der Waals surface area contributed by atoms with Gasteiger partial charge < -0.3 is 9.64 Å². The number of carbonyl (C=O) groups excluding carboxylic acids is 1. The van der Waals surface area contributed by atoms with E-state index in [0.29, 0.717) is 11.8 Å². The van der Waals surface area contributed by atoms with Crippen molar-refractivity contribution < 1.29 is 9.53 Å². The minimum Gasteiger partial charge on any atom is -0.378 e. The molecule has 3 heteroatoms. The van der Waals surface area contributed by atoms with E-state index in [9.17, 15) is 4.79 Å². The number of hydrogen-bond donors (Lipinski definition) is 0. The molecule has 0 radical (unpaired) electrons. The van der Waals surface area contributed by atoms with Crippen LogP contribution < -0.4 is 0 Å². The Labute approximate surface area is 109 Å².